The number of tetrazole rings is 1. The van der Waals surface area contributed by atoms with Crippen LogP contribution in [0.4, 0.5) is 11.4 Å². The number of piperazine rings is 1. The molecule has 39 heavy (non-hydrogen) atoms. The highest BCUT2D eigenvalue weighted by Crippen LogP contribution is 2.33. The van der Waals surface area contributed by atoms with Crippen LogP contribution in [0.25, 0.3) is 10.9 Å². The van der Waals surface area contributed by atoms with Gasteiger partial charge in [-0.2, -0.15) is 0 Å². The first-order valence-corrected chi connectivity index (χ1v) is 13.3. The molecule has 5 rings (SSSR count). The average molecular weight is 531 g/mol. The van der Waals surface area contributed by atoms with Crippen molar-refractivity contribution in [3.63, 3.8) is 0 Å². The van der Waals surface area contributed by atoms with E-state index in [0.717, 1.165) is 34.1 Å². The van der Waals surface area contributed by atoms with Gasteiger partial charge in [0.25, 0.3) is 11.2 Å². The van der Waals surface area contributed by atoms with Crippen molar-refractivity contribution in [1.29, 1.82) is 0 Å². The molecule has 0 spiro atoms. The van der Waals surface area contributed by atoms with Crippen LogP contribution in [0.2, 0.25) is 0 Å². The third-order valence-electron chi connectivity index (χ3n) is 8.05. The Labute approximate surface area is 226 Å². The molecule has 0 amide bonds. The minimum atomic E-state index is -0.446. The number of pyridine rings is 1. The smallest absolute Gasteiger partial charge is 0.269 e. The summed E-state index contributed by atoms with van der Waals surface area (Å²) >= 11 is 0. The van der Waals surface area contributed by atoms with E-state index in [9.17, 15) is 14.9 Å². The van der Waals surface area contributed by atoms with Crippen LogP contribution in [0.5, 0.6) is 0 Å². The fourth-order valence-electron chi connectivity index (χ4n) is 5.26. The normalized spacial score (nSPS) is 15.6. The van der Waals surface area contributed by atoms with Crippen molar-refractivity contribution >= 4 is 22.3 Å². The van der Waals surface area contributed by atoms with Crippen LogP contribution in [-0.2, 0) is 5.54 Å². The second kappa shape index (κ2) is 10.2. The summed E-state index contributed by atoms with van der Waals surface area (Å²) in [6.45, 7) is 13.0. The summed E-state index contributed by atoms with van der Waals surface area (Å²) in [5, 5.41) is 25.0. The number of hydrogen-bond acceptors (Lipinski definition) is 8. The first kappa shape index (κ1) is 26.5. The zero-order chi connectivity index (χ0) is 27.9. The number of nitro groups is 1. The molecule has 1 aliphatic rings. The third-order valence-corrected chi connectivity index (χ3v) is 8.05. The van der Waals surface area contributed by atoms with Crippen molar-refractivity contribution < 1.29 is 4.92 Å². The Hall–Kier alpha value is -4.12. The molecule has 0 radical (unpaired) electrons. The van der Waals surface area contributed by atoms with Gasteiger partial charge in [-0.3, -0.25) is 19.8 Å². The molecule has 1 saturated heterocycles. The maximum Gasteiger partial charge on any atom is 0.269 e. The highest BCUT2D eigenvalue weighted by Gasteiger charge is 2.36. The van der Waals surface area contributed by atoms with Crippen LogP contribution in [0.15, 0.2) is 47.3 Å². The molecule has 11 nitrogen and oxygen atoms in total. The number of non-ortho nitro benzene ring substituents is 1. The van der Waals surface area contributed by atoms with Gasteiger partial charge in [-0.25, -0.2) is 4.68 Å². The van der Waals surface area contributed by atoms with Gasteiger partial charge in [-0.05, 0) is 73.9 Å². The van der Waals surface area contributed by atoms with Crippen molar-refractivity contribution in [2.75, 3.05) is 31.1 Å². The quantitative estimate of drug-likeness (QED) is 0.280. The molecule has 2 aromatic carbocycles. The lowest BCUT2D eigenvalue weighted by Gasteiger charge is -2.40. The summed E-state index contributed by atoms with van der Waals surface area (Å²) in [5.41, 5.74) is 4.08. The summed E-state index contributed by atoms with van der Waals surface area (Å²) in [4.78, 5) is 31.9. The second-order valence-corrected chi connectivity index (χ2v) is 10.9. The molecule has 4 aromatic rings. The van der Waals surface area contributed by atoms with Crippen LogP contribution in [0, 0.1) is 24.0 Å². The lowest BCUT2D eigenvalue weighted by molar-refractivity contribution is -0.384. The van der Waals surface area contributed by atoms with E-state index in [-0.39, 0.29) is 16.8 Å². The van der Waals surface area contributed by atoms with E-state index in [1.807, 2.05) is 30.7 Å². The van der Waals surface area contributed by atoms with Crippen LogP contribution in [0.1, 0.15) is 55.7 Å². The molecular weight excluding hydrogens is 496 g/mol. The number of fused-ring (bicyclic) bond motifs is 1. The van der Waals surface area contributed by atoms with Gasteiger partial charge in [-0.15, -0.1) is 5.10 Å². The van der Waals surface area contributed by atoms with Gasteiger partial charge in [0.2, 0.25) is 0 Å². The van der Waals surface area contributed by atoms with Crippen LogP contribution in [0.3, 0.4) is 0 Å². The molecule has 0 unspecified atom stereocenters. The fourth-order valence-corrected chi connectivity index (χ4v) is 5.26. The van der Waals surface area contributed by atoms with Crippen LogP contribution >= 0.6 is 0 Å². The number of nitro benzene ring substituents is 1. The molecule has 204 valence electrons. The van der Waals surface area contributed by atoms with Gasteiger partial charge in [0.15, 0.2) is 5.82 Å². The Balaban J connectivity index is 1.55. The number of aromatic amines is 1. The Morgan fingerprint density at radius 1 is 1.05 bits per heavy atom. The van der Waals surface area contributed by atoms with Gasteiger partial charge in [0, 0.05) is 54.9 Å². The number of anilines is 1. The first-order chi connectivity index (χ1) is 18.6. The number of hydrogen-bond donors (Lipinski definition) is 1. The molecule has 0 saturated carbocycles. The van der Waals surface area contributed by atoms with Crippen molar-refractivity contribution in [3.8, 4) is 0 Å². The molecule has 0 bridgehead atoms. The molecular formula is C28H34N8O3. The van der Waals surface area contributed by atoms with Crippen LogP contribution < -0.4 is 10.5 Å². The number of H-pyrrole nitrogens is 1. The minimum Gasteiger partial charge on any atom is -0.369 e. The zero-order valence-corrected chi connectivity index (χ0v) is 23.0. The zero-order valence-electron chi connectivity index (χ0n) is 23.0. The summed E-state index contributed by atoms with van der Waals surface area (Å²) < 4.78 is 1.85. The lowest BCUT2D eigenvalue weighted by atomic mass is 9.97. The standard InChI is InChI=1S/C28H34N8O3/c1-6-28(4,5)35-26(30-31-32-35)25(23-17-22-18(2)7-8-19(3)24(22)29-27(23)37)34-15-13-33(14-16-34)20-9-11-21(12-10-20)36(38)39/h7-12,17,25H,6,13-16H2,1-5H3,(H,29,37)/t25-/m1/s1. The van der Waals surface area contributed by atoms with E-state index in [4.69, 9.17) is 0 Å². The number of rotatable bonds is 7. The largest absolute Gasteiger partial charge is 0.369 e. The SMILES string of the molecule is CCC(C)(C)n1nnnc1[C@@H](c1cc2c(C)ccc(C)c2[nH]c1=O)N1CCN(c2ccc([N+](=O)[O-])cc2)CC1. The van der Waals surface area contributed by atoms with E-state index in [1.165, 1.54) is 12.1 Å². The number of benzene rings is 2. The Morgan fingerprint density at radius 2 is 1.72 bits per heavy atom. The highest BCUT2D eigenvalue weighted by molar-refractivity contribution is 5.85. The predicted octanol–water partition coefficient (Wildman–Crippen LogP) is 4.10. The molecule has 1 N–H and O–H groups in total. The predicted molar refractivity (Wildman–Crippen MR) is 150 cm³/mol. The summed E-state index contributed by atoms with van der Waals surface area (Å²) in [6, 6.07) is 12.3. The van der Waals surface area contributed by atoms with Crippen molar-refractivity contribution in [1.82, 2.24) is 30.1 Å². The summed E-state index contributed by atoms with van der Waals surface area (Å²) in [5.74, 6) is 0.640. The van der Waals surface area contributed by atoms with E-state index in [0.29, 0.717) is 37.6 Å². The third kappa shape index (κ3) is 4.89. The van der Waals surface area contributed by atoms with E-state index in [1.54, 1.807) is 12.1 Å². The molecule has 11 heteroatoms. The molecule has 1 atom stereocenters. The molecule has 2 aromatic heterocycles. The second-order valence-electron chi connectivity index (χ2n) is 10.9. The van der Waals surface area contributed by atoms with Crippen molar-refractivity contribution in [2.45, 2.75) is 52.6 Å². The van der Waals surface area contributed by atoms with Gasteiger partial charge in [-0.1, -0.05) is 19.1 Å². The fraction of sp³-hybridized carbons (Fsp3) is 0.429. The molecule has 1 aliphatic heterocycles. The van der Waals surface area contributed by atoms with E-state index < -0.39 is 11.0 Å². The minimum absolute atomic E-state index is 0.0730. The Kier molecular flexibility index (Phi) is 6.94. The highest BCUT2D eigenvalue weighted by atomic mass is 16.6. The van der Waals surface area contributed by atoms with Crippen LogP contribution in [-0.4, -0.2) is 61.2 Å². The van der Waals surface area contributed by atoms with E-state index >= 15 is 0 Å². The molecule has 0 aliphatic carbocycles. The maximum atomic E-state index is 13.7. The summed E-state index contributed by atoms with van der Waals surface area (Å²) in [7, 11) is 0. The lowest BCUT2D eigenvalue weighted by Crippen LogP contribution is -2.49. The van der Waals surface area contributed by atoms with Crippen molar-refractivity contribution in [3.05, 3.63) is 85.4 Å². The van der Waals surface area contributed by atoms with Gasteiger partial charge in [0.1, 0.15) is 6.04 Å². The monoisotopic (exact) mass is 530 g/mol. The Morgan fingerprint density at radius 3 is 2.36 bits per heavy atom. The number of aromatic nitrogens is 5. The van der Waals surface area contributed by atoms with Gasteiger partial charge >= 0.3 is 0 Å². The molecule has 3 heterocycles. The van der Waals surface area contributed by atoms with Gasteiger partial charge < -0.3 is 9.88 Å². The first-order valence-electron chi connectivity index (χ1n) is 13.3. The summed E-state index contributed by atoms with van der Waals surface area (Å²) in [6.07, 6.45) is 0.818. The Bertz CT molecular complexity index is 1570. The molecule has 1 fully saturated rings. The van der Waals surface area contributed by atoms with E-state index in [2.05, 4.69) is 57.1 Å². The number of nitrogens with zero attached hydrogens (tertiary/aromatic N) is 7. The number of nitrogens with one attached hydrogen (secondary N) is 1. The topological polar surface area (TPSA) is 126 Å². The van der Waals surface area contributed by atoms with Gasteiger partial charge in [0.05, 0.1) is 16.0 Å². The average Bonchev–Trinajstić information content (AvgIpc) is 3.42. The number of aryl methyl sites for hydroxylation is 2. The maximum absolute atomic E-state index is 13.7. The van der Waals surface area contributed by atoms with Crippen molar-refractivity contribution in [2.24, 2.45) is 0 Å².